The van der Waals surface area contributed by atoms with E-state index in [-0.39, 0.29) is 10.6 Å². The molecule has 3 rings (SSSR count). The molecule has 0 bridgehead atoms. The molecule has 0 aliphatic carbocycles. The van der Waals surface area contributed by atoms with E-state index in [1.54, 1.807) is 26.4 Å². The van der Waals surface area contributed by atoms with Crippen LogP contribution in [0.3, 0.4) is 0 Å². The van der Waals surface area contributed by atoms with E-state index in [0.29, 0.717) is 5.88 Å². The maximum absolute atomic E-state index is 13.6. The first-order valence-electron chi connectivity index (χ1n) is 8.86. The molecular weight excluding hydrogens is 371 g/mol. The van der Waals surface area contributed by atoms with Gasteiger partial charge in [-0.15, -0.1) is 23.4 Å². The van der Waals surface area contributed by atoms with Crippen LogP contribution in [0, 0.1) is 5.82 Å². The number of thioether (sulfide) groups is 1. The minimum absolute atomic E-state index is 0.215. The second-order valence-electron chi connectivity index (χ2n) is 6.44. The summed E-state index contributed by atoms with van der Waals surface area (Å²) in [5.74, 6) is 2.91. The van der Waals surface area contributed by atoms with E-state index >= 15 is 0 Å². The van der Waals surface area contributed by atoms with Crippen LogP contribution in [0.2, 0.25) is 0 Å². The fourth-order valence-corrected chi connectivity index (χ4v) is 5.42. The smallest absolute Gasteiger partial charge is 0.161 e. The normalized spacial score (nSPS) is 19.5. The number of benzene rings is 2. The number of rotatable bonds is 6. The molecule has 0 aromatic heterocycles. The monoisotopic (exact) mass is 394 g/mol. The van der Waals surface area contributed by atoms with Gasteiger partial charge in [0.2, 0.25) is 0 Å². The van der Waals surface area contributed by atoms with Gasteiger partial charge < -0.3 is 9.47 Å². The molecule has 2 nitrogen and oxygen atoms in total. The lowest BCUT2D eigenvalue weighted by atomic mass is 9.82. The highest BCUT2D eigenvalue weighted by Gasteiger charge is 2.38. The number of hydrogen-bond acceptors (Lipinski definition) is 3. The van der Waals surface area contributed by atoms with Gasteiger partial charge >= 0.3 is 0 Å². The molecule has 26 heavy (non-hydrogen) atoms. The van der Waals surface area contributed by atoms with Crippen molar-refractivity contribution in [3.8, 4) is 11.5 Å². The standard InChI is InChI=1S/C21H24ClFO2S/c1-24-19-13-15-5-3-12-26-21(10-4-11-22,18(15)14-20(19)25-2)16-6-8-17(23)9-7-16/h6-9,13-14H,3-5,10-12H2,1-2H3. The van der Waals surface area contributed by atoms with E-state index in [2.05, 4.69) is 12.1 Å². The minimum atomic E-state index is -0.256. The van der Waals surface area contributed by atoms with Crippen LogP contribution in [0.5, 0.6) is 11.5 Å². The Bertz CT molecular complexity index is 750. The Hall–Kier alpha value is -1.39. The molecule has 0 fully saturated rings. The molecule has 0 saturated carbocycles. The van der Waals surface area contributed by atoms with Crippen molar-refractivity contribution in [2.24, 2.45) is 0 Å². The lowest BCUT2D eigenvalue weighted by Crippen LogP contribution is -2.25. The van der Waals surface area contributed by atoms with Crippen molar-refractivity contribution >= 4 is 23.4 Å². The molecule has 0 N–H and O–H groups in total. The Balaban J connectivity index is 2.22. The van der Waals surface area contributed by atoms with Crippen molar-refractivity contribution in [3.05, 3.63) is 58.9 Å². The Morgan fingerprint density at radius 2 is 1.81 bits per heavy atom. The van der Waals surface area contributed by atoms with Gasteiger partial charge in [-0.25, -0.2) is 4.39 Å². The second-order valence-corrected chi connectivity index (χ2v) is 8.21. The molecular formula is C21H24ClFO2S. The van der Waals surface area contributed by atoms with E-state index in [0.717, 1.165) is 48.5 Å². The van der Waals surface area contributed by atoms with Crippen LogP contribution < -0.4 is 9.47 Å². The molecule has 1 unspecified atom stereocenters. The highest BCUT2D eigenvalue weighted by atomic mass is 35.5. The highest BCUT2D eigenvalue weighted by Crippen LogP contribution is 2.52. The van der Waals surface area contributed by atoms with Crippen LogP contribution >= 0.6 is 23.4 Å². The predicted octanol–water partition coefficient (Wildman–Crippen LogP) is 5.78. The molecule has 140 valence electrons. The van der Waals surface area contributed by atoms with Gasteiger partial charge in [0.05, 0.1) is 19.0 Å². The minimum Gasteiger partial charge on any atom is -0.493 e. The number of alkyl halides is 1. The van der Waals surface area contributed by atoms with Crippen molar-refractivity contribution in [2.75, 3.05) is 25.9 Å². The van der Waals surface area contributed by atoms with Gasteiger partial charge in [0.15, 0.2) is 11.5 Å². The molecule has 0 amide bonds. The van der Waals surface area contributed by atoms with Gasteiger partial charge in [0.1, 0.15) is 5.82 Å². The Kier molecular flexibility index (Phi) is 6.36. The van der Waals surface area contributed by atoms with Gasteiger partial charge in [-0.05, 0) is 72.4 Å². The molecule has 1 atom stereocenters. The molecule has 1 heterocycles. The van der Waals surface area contributed by atoms with Gasteiger partial charge in [-0.3, -0.25) is 0 Å². The maximum atomic E-state index is 13.6. The van der Waals surface area contributed by atoms with Crippen LogP contribution in [0.1, 0.15) is 36.0 Å². The van der Waals surface area contributed by atoms with Crippen LogP contribution in [-0.2, 0) is 11.2 Å². The first-order valence-corrected chi connectivity index (χ1v) is 10.4. The summed E-state index contributed by atoms with van der Waals surface area (Å²) in [5, 5.41) is 0. The lowest BCUT2D eigenvalue weighted by Gasteiger charge is -2.35. The molecule has 0 spiro atoms. The van der Waals surface area contributed by atoms with E-state index in [9.17, 15) is 4.39 Å². The summed E-state index contributed by atoms with van der Waals surface area (Å²) >= 11 is 7.98. The SMILES string of the molecule is COc1cc2c(cc1OC)C(CCCCl)(c1ccc(F)cc1)SCCC2. The quantitative estimate of drug-likeness (QED) is 0.578. The summed E-state index contributed by atoms with van der Waals surface area (Å²) in [7, 11) is 3.32. The first-order chi connectivity index (χ1) is 12.6. The van der Waals surface area contributed by atoms with Crippen LogP contribution in [-0.4, -0.2) is 25.9 Å². The first kappa shape index (κ1) is 19.4. The topological polar surface area (TPSA) is 18.5 Å². The van der Waals surface area contributed by atoms with E-state index < -0.39 is 0 Å². The molecule has 5 heteroatoms. The molecule has 0 saturated heterocycles. The molecule has 1 aliphatic rings. The zero-order chi connectivity index (χ0) is 18.6. The summed E-state index contributed by atoms with van der Waals surface area (Å²) in [6, 6.07) is 11.1. The Morgan fingerprint density at radius 3 is 2.46 bits per heavy atom. The van der Waals surface area contributed by atoms with Crippen LogP contribution in [0.4, 0.5) is 4.39 Å². The molecule has 2 aromatic carbocycles. The maximum Gasteiger partial charge on any atom is 0.161 e. The van der Waals surface area contributed by atoms with E-state index in [1.165, 1.54) is 11.1 Å². The zero-order valence-corrected chi connectivity index (χ0v) is 16.8. The van der Waals surface area contributed by atoms with Crippen molar-refractivity contribution in [1.82, 2.24) is 0 Å². The fraction of sp³-hybridized carbons (Fsp3) is 0.429. The number of hydrogen-bond donors (Lipinski definition) is 0. The van der Waals surface area contributed by atoms with Crippen molar-refractivity contribution in [2.45, 2.75) is 30.4 Å². The van der Waals surface area contributed by atoms with Gasteiger partial charge in [-0.2, -0.15) is 0 Å². The number of aryl methyl sites for hydroxylation is 1. The fourth-order valence-electron chi connectivity index (χ4n) is 3.72. The molecule has 1 aliphatic heterocycles. The Labute approximate surface area is 164 Å². The summed E-state index contributed by atoms with van der Waals surface area (Å²) < 4.78 is 24.4. The number of methoxy groups -OCH3 is 2. The predicted molar refractivity (Wildman–Crippen MR) is 107 cm³/mol. The van der Waals surface area contributed by atoms with Gasteiger partial charge in [0, 0.05) is 5.88 Å². The summed E-state index contributed by atoms with van der Waals surface area (Å²) in [6.07, 6.45) is 3.87. The number of fused-ring (bicyclic) bond motifs is 1. The zero-order valence-electron chi connectivity index (χ0n) is 15.2. The van der Waals surface area contributed by atoms with Crippen LogP contribution in [0.15, 0.2) is 36.4 Å². The molecule has 2 aromatic rings. The third kappa shape index (κ3) is 3.67. The average Bonchev–Trinajstić information content (AvgIpc) is 2.85. The second kappa shape index (κ2) is 8.53. The summed E-state index contributed by atoms with van der Waals surface area (Å²) in [6.45, 7) is 0. The van der Waals surface area contributed by atoms with Crippen molar-refractivity contribution in [1.29, 1.82) is 0 Å². The van der Waals surface area contributed by atoms with E-state index in [1.807, 2.05) is 23.9 Å². The molecule has 0 radical (unpaired) electrons. The van der Waals surface area contributed by atoms with Gasteiger partial charge in [0.25, 0.3) is 0 Å². The third-order valence-corrected chi connectivity index (χ3v) is 6.87. The Morgan fingerprint density at radius 1 is 1.12 bits per heavy atom. The highest BCUT2D eigenvalue weighted by molar-refractivity contribution is 8.00. The number of ether oxygens (including phenoxy) is 2. The summed E-state index contributed by atoms with van der Waals surface area (Å²) in [5.41, 5.74) is 3.62. The largest absolute Gasteiger partial charge is 0.493 e. The average molecular weight is 395 g/mol. The van der Waals surface area contributed by atoms with Crippen molar-refractivity contribution in [3.63, 3.8) is 0 Å². The van der Waals surface area contributed by atoms with Crippen LogP contribution in [0.25, 0.3) is 0 Å². The number of halogens is 2. The van der Waals surface area contributed by atoms with E-state index in [4.69, 9.17) is 21.1 Å². The third-order valence-electron chi connectivity index (χ3n) is 4.96. The summed E-state index contributed by atoms with van der Waals surface area (Å²) in [4.78, 5) is 0. The van der Waals surface area contributed by atoms with Gasteiger partial charge in [-0.1, -0.05) is 12.1 Å². The lowest BCUT2D eigenvalue weighted by molar-refractivity contribution is 0.353. The van der Waals surface area contributed by atoms with Crippen molar-refractivity contribution < 1.29 is 13.9 Å².